The molecule has 1 aliphatic rings. The number of hydroxylamine groups is 1. The minimum Gasteiger partial charge on any atom is -0.457 e. The first-order chi connectivity index (χ1) is 16.4. The number of para-hydroxylation sites is 1. The van der Waals surface area contributed by atoms with Crippen molar-refractivity contribution in [1.29, 1.82) is 0 Å². The molecule has 1 atom stereocenters. The number of sulfonamides is 1. The third-order valence-electron chi connectivity index (χ3n) is 5.83. The Morgan fingerprint density at radius 2 is 1.68 bits per heavy atom. The van der Waals surface area contributed by atoms with Gasteiger partial charge < -0.3 is 9.72 Å². The van der Waals surface area contributed by atoms with E-state index in [-0.39, 0.29) is 11.4 Å². The summed E-state index contributed by atoms with van der Waals surface area (Å²) >= 11 is 5.89. The van der Waals surface area contributed by atoms with Crippen LogP contribution in [0.5, 0.6) is 11.5 Å². The Balaban J connectivity index is 1.47. The van der Waals surface area contributed by atoms with Crippen molar-refractivity contribution in [2.75, 3.05) is 6.54 Å². The molecule has 174 valence electrons. The number of halogens is 1. The summed E-state index contributed by atoms with van der Waals surface area (Å²) in [7, 11) is -4.07. The molecule has 4 aromatic rings. The van der Waals surface area contributed by atoms with Gasteiger partial charge in [-0.3, -0.25) is 10.0 Å². The van der Waals surface area contributed by atoms with Crippen molar-refractivity contribution >= 4 is 38.4 Å². The molecular weight excluding hydrogens is 478 g/mol. The van der Waals surface area contributed by atoms with Crippen LogP contribution in [0.4, 0.5) is 0 Å². The Labute approximate surface area is 200 Å². The number of nitrogens with zero attached hydrogens (tertiary/aromatic N) is 1. The zero-order valence-electron chi connectivity index (χ0n) is 17.7. The van der Waals surface area contributed by atoms with Gasteiger partial charge in [0.15, 0.2) is 0 Å². The van der Waals surface area contributed by atoms with Gasteiger partial charge in [0.2, 0.25) is 10.0 Å². The molecule has 0 bridgehead atoms. The third-order valence-corrected chi connectivity index (χ3v) is 7.96. The molecule has 0 fully saturated rings. The molecule has 1 amide bonds. The molecule has 3 aromatic carbocycles. The van der Waals surface area contributed by atoms with E-state index in [1.165, 1.54) is 12.1 Å². The molecule has 0 unspecified atom stereocenters. The maximum absolute atomic E-state index is 13.5. The van der Waals surface area contributed by atoms with Gasteiger partial charge in [-0.15, -0.1) is 0 Å². The summed E-state index contributed by atoms with van der Waals surface area (Å²) in [4.78, 5) is 15.8. The summed E-state index contributed by atoms with van der Waals surface area (Å²) in [6.07, 6.45) is 0.422. The molecule has 0 saturated heterocycles. The molecule has 0 spiro atoms. The second kappa shape index (κ2) is 8.77. The van der Waals surface area contributed by atoms with Crippen LogP contribution in [-0.4, -0.2) is 35.4 Å². The van der Waals surface area contributed by atoms with Crippen LogP contribution in [-0.2, 0) is 21.2 Å². The standard InChI is InChI=1S/C24H20ClN3O5S/c25-15-5-7-16(8-6-15)33-17-9-11-18(12-10-17)34(31,32)28-14-13-20-19-3-1-2-4-21(19)26-22(20)23(28)24(29)27-30/h1-12,23,26,30H,13-14H2,(H,27,29)/t23-/m1/s1. The topological polar surface area (TPSA) is 112 Å². The monoisotopic (exact) mass is 497 g/mol. The molecule has 0 aliphatic carbocycles. The fourth-order valence-electron chi connectivity index (χ4n) is 4.25. The quantitative estimate of drug-likeness (QED) is 0.279. The highest BCUT2D eigenvalue weighted by Crippen LogP contribution is 2.38. The van der Waals surface area contributed by atoms with E-state index < -0.39 is 22.0 Å². The number of nitrogens with one attached hydrogen (secondary N) is 2. The number of ether oxygens (including phenoxy) is 1. The molecule has 8 nitrogen and oxygen atoms in total. The normalized spacial score (nSPS) is 16.2. The fourth-order valence-corrected chi connectivity index (χ4v) is 5.94. The molecule has 10 heteroatoms. The lowest BCUT2D eigenvalue weighted by Crippen LogP contribution is -2.46. The number of carbonyl (C=O) groups excluding carboxylic acids is 1. The Hall–Kier alpha value is -3.37. The fraction of sp³-hybridized carbons (Fsp3) is 0.125. The van der Waals surface area contributed by atoms with E-state index in [2.05, 4.69) is 4.98 Å². The maximum Gasteiger partial charge on any atom is 0.267 e. The number of amides is 1. The highest BCUT2D eigenvalue weighted by molar-refractivity contribution is 7.89. The van der Waals surface area contributed by atoms with Crippen molar-refractivity contribution in [1.82, 2.24) is 14.8 Å². The number of aromatic amines is 1. The number of H-pyrrole nitrogens is 1. The smallest absolute Gasteiger partial charge is 0.267 e. The summed E-state index contributed by atoms with van der Waals surface area (Å²) in [5.41, 5.74) is 3.73. The van der Waals surface area contributed by atoms with Gasteiger partial charge in [-0.2, -0.15) is 4.31 Å². The Morgan fingerprint density at radius 1 is 1.03 bits per heavy atom. The van der Waals surface area contributed by atoms with Crippen LogP contribution in [0.2, 0.25) is 5.02 Å². The van der Waals surface area contributed by atoms with E-state index in [1.54, 1.807) is 41.9 Å². The second-order valence-corrected chi connectivity index (χ2v) is 10.2. The largest absolute Gasteiger partial charge is 0.457 e. The van der Waals surface area contributed by atoms with Crippen molar-refractivity contribution in [2.24, 2.45) is 0 Å². The van der Waals surface area contributed by atoms with Gasteiger partial charge in [-0.05, 0) is 66.6 Å². The molecule has 3 N–H and O–H groups in total. The van der Waals surface area contributed by atoms with Crippen LogP contribution in [0.25, 0.3) is 10.9 Å². The van der Waals surface area contributed by atoms with Crippen LogP contribution in [0.15, 0.2) is 77.7 Å². The van der Waals surface area contributed by atoms with E-state index in [1.807, 2.05) is 24.3 Å². The Kier molecular flexibility index (Phi) is 5.78. The van der Waals surface area contributed by atoms with E-state index >= 15 is 0 Å². The van der Waals surface area contributed by atoms with Crippen LogP contribution >= 0.6 is 11.6 Å². The lowest BCUT2D eigenvalue weighted by Gasteiger charge is -2.33. The summed E-state index contributed by atoms with van der Waals surface area (Å²) in [6.45, 7) is 0.0816. The first kappa shape index (κ1) is 22.4. The molecule has 34 heavy (non-hydrogen) atoms. The first-order valence-corrected chi connectivity index (χ1v) is 12.3. The minimum absolute atomic E-state index is 0.00579. The lowest BCUT2D eigenvalue weighted by atomic mass is 9.99. The van der Waals surface area contributed by atoms with Crippen molar-refractivity contribution in [2.45, 2.75) is 17.4 Å². The highest BCUT2D eigenvalue weighted by atomic mass is 35.5. The van der Waals surface area contributed by atoms with E-state index in [0.29, 0.717) is 28.6 Å². The van der Waals surface area contributed by atoms with Crippen LogP contribution in [0.1, 0.15) is 17.3 Å². The van der Waals surface area contributed by atoms with Crippen LogP contribution < -0.4 is 10.2 Å². The second-order valence-electron chi connectivity index (χ2n) is 7.83. The van der Waals surface area contributed by atoms with Gasteiger partial charge in [0.25, 0.3) is 5.91 Å². The van der Waals surface area contributed by atoms with Crippen LogP contribution in [0.3, 0.4) is 0 Å². The summed E-state index contributed by atoms with van der Waals surface area (Å²) in [5.74, 6) is 0.170. The average molecular weight is 498 g/mol. The molecule has 0 radical (unpaired) electrons. The predicted molar refractivity (Wildman–Crippen MR) is 127 cm³/mol. The van der Waals surface area contributed by atoms with Gasteiger partial charge in [-0.1, -0.05) is 29.8 Å². The van der Waals surface area contributed by atoms with Gasteiger partial charge in [0.1, 0.15) is 17.5 Å². The van der Waals surface area contributed by atoms with Gasteiger partial charge in [0.05, 0.1) is 4.90 Å². The van der Waals surface area contributed by atoms with E-state index in [4.69, 9.17) is 16.3 Å². The molecule has 5 rings (SSSR count). The zero-order valence-corrected chi connectivity index (χ0v) is 19.3. The number of carbonyl (C=O) groups is 1. The number of rotatable bonds is 5. The number of aromatic nitrogens is 1. The Morgan fingerprint density at radius 3 is 2.35 bits per heavy atom. The van der Waals surface area contributed by atoms with Crippen molar-refractivity contribution in [3.8, 4) is 11.5 Å². The highest BCUT2D eigenvalue weighted by Gasteiger charge is 2.42. The molecule has 0 saturated carbocycles. The SMILES string of the molecule is O=C(NO)[C@H]1c2[nH]c3ccccc3c2CCN1S(=O)(=O)c1ccc(Oc2ccc(Cl)cc2)cc1. The summed E-state index contributed by atoms with van der Waals surface area (Å²) < 4.78 is 33.9. The Bertz CT molecular complexity index is 1470. The van der Waals surface area contributed by atoms with Crippen molar-refractivity contribution in [3.63, 3.8) is 0 Å². The lowest BCUT2D eigenvalue weighted by molar-refractivity contribution is -0.133. The van der Waals surface area contributed by atoms with Gasteiger partial charge >= 0.3 is 0 Å². The van der Waals surface area contributed by atoms with Gasteiger partial charge in [0, 0.05) is 28.2 Å². The molecule has 2 heterocycles. The number of hydrogen-bond acceptors (Lipinski definition) is 5. The number of hydrogen-bond donors (Lipinski definition) is 3. The average Bonchev–Trinajstić information content (AvgIpc) is 3.23. The number of benzene rings is 3. The summed E-state index contributed by atoms with van der Waals surface area (Å²) in [6, 6.07) is 19.0. The first-order valence-electron chi connectivity index (χ1n) is 10.5. The van der Waals surface area contributed by atoms with Crippen molar-refractivity contribution in [3.05, 3.63) is 89.1 Å². The summed E-state index contributed by atoms with van der Waals surface area (Å²) in [5, 5.41) is 10.9. The predicted octanol–water partition coefficient (Wildman–Crippen LogP) is 4.41. The molecule has 1 aliphatic heterocycles. The van der Waals surface area contributed by atoms with Crippen LogP contribution in [0, 0.1) is 0 Å². The van der Waals surface area contributed by atoms with E-state index in [9.17, 15) is 18.4 Å². The zero-order chi connectivity index (χ0) is 23.9. The molecular formula is C24H20ClN3O5S. The molecule has 1 aromatic heterocycles. The maximum atomic E-state index is 13.5. The van der Waals surface area contributed by atoms with E-state index in [0.717, 1.165) is 20.8 Å². The minimum atomic E-state index is -4.07. The van der Waals surface area contributed by atoms with Crippen molar-refractivity contribution < 1.29 is 23.2 Å². The third kappa shape index (κ3) is 3.92. The number of fused-ring (bicyclic) bond motifs is 3. The van der Waals surface area contributed by atoms with Gasteiger partial charge in [-0.25, -0.2) is 13.9 Å².